The van der Waals surface area contributed by atoms with Crippen LogP contribution in [0.4, 0.5) is 13.2 Å². The number of carbonyl (C=O) groups is 1. The van der Waals surface area contributed by atoms with Crippen molar-refractivity contribution in [1.29, 1.82) is 0 Å². The van der Waals surface area contributed by atoms with Crippen LogP contribution in [0.15, 0.2) is 18.2 Å². The first-order chi connectivity index (χ1) is 9.79. The lowest BCUT2D eigenvalue weighted by molar-refractivity contribution is -0.138. The van der Waals surface area contributed by atoms with Crippen molar-refractivity contribution in [2.45, 2.75) is 25.7 Å². The maximum Gasteiger partial charge on any atom is 0.416 e. The molecule has 2 rings (SSSR count). The zero-order chi connectivity index (χ0) is 15.6. The molecular weight excluding hydrogens is 376 g/mol. The van der Waals surface area contributed by atoms with E-state index in [0.717, 1.165) is 19.2 Å². The van der Waals surface area contributed by atoms with E-state index in [2.05, 4.69) is 5.32 Å². The molecule has 0 aliphatic carbocycles. The van der Waals surface area contributed by atoms with Crippen molar-refractivity contribution < 1.29 is 18.0 Å². The highest BCUT2D eigenvalue weighted by molar-refractivity contribution is 6.67. The summed E-state index contributed by atoms with van der Waals surface area (Å²) in [5.74, 6) is 0. The van der Waals surface area contributed by atoms with Gasteiger partial charge in [0.2, 0.25) is 0 Å². The summed E-state index contributed by atoms with van der Waals surface area (Å²) >= 11 is 5.27. The molecule has 0 spiro atoms. The van der Waals surface area contributed by atoms with Gasteiger partial charge in [-0.3, -0.25) is 9.69 Å². The smallest absolute Gasteiger partial charge is 0.314 e. The van der Waals surface area contributed by atoms with Gasteiger partial charge in [0, 0.05) is 37.8 Å². The zero-order valence-electron chi connectivity index (χ0n) is 12.3. The average Bonchev–Trinajstić information content (AvgIpc) is 2.40. The molecule has 0 amide bonds. The summed E-state index contributed by atoms with van der Waals surface area (Å²) in [7, 11) is 0. The number of rotatable bonds is 3. The number of nitrogens with one attached hydrogen (secondary N) is 1. The molecule has 132 valence electrons. The minimum atomic E-state index is -4.51. The van der Waals surface area contributed by atoms with Crippen molar-refractivity contribution in [1.82, 2.24) is 10.2 Å². The summed E-state index contributed by atoms with van der Waals surface area (Å²) in [5, 5.41) is 2.31. The zero-order valence-corrected chi connectivity index (χ0v) is 14.7. The Labute approximate surface area is 150 Å². The maximum absolute atomic E-state index is 13.2. The molecule has 0 radical (unpaired) electrons. The maximum atomic E-state index is 13.2. The van der Waals surface area contributed by atoms with Gasteiger partial charge in [0.1, 0.15) is 0 Å². The third kappa shape index (κ3) is 5.80. The first-order valence-electron chi connectivity index (χ1n) is 6.64. The van der Waals surface area contributed by atoms with Gasteiger partial charge in [-0.15, -0.1) is 24.8 Å². The molecule has 3 nitrogen and oxygen atoms in total. The van der Waals surface area contributed by atoms with Crippen molar-refractivity contribution in [2.75, 3.05) is 19.6 Å². The van der Waals surface area contributed by atoms with E-state index >= 15 is 0 Å². The van der Waals surface area contributed by atoms with Gasteiger partial charge in [-0.1, -0.05) is 6.07 Å². The summed E-state index contributed by atoms with van der Waals surface area (Å²) in [6, 6.07) is 3.67. The van der Waals surface area contributed by atoms with Gasteiger partial charge >= 0.3 is 6.18 Å². The Morgan fingerprint density at radius 3 is 2.57 bits per heavy atom. The third-order valence-corrected chi connectivity index (χ3v) is 3.87. The highest BCUT2D eigenvalue weighted by atomic mass is 35.5. The predicted molar refractivity (Wildman–Crippen MR) is 88.9 cm³/mol. The molecule has 1 N–H and O–H groups in total. The minimum absolute atomic E-state index is 0. The lowest BCUT2D eigenvalue weighted by Crippen LogP contribution is -2.49. The molecule has 23 heavy (non-hydrogen) atoms. The van der Waals surface area contributed by atoms with E-state index in [9.17, 15) is 18.0 Å². The van der Waals surface area contributed by atoms with Crippen LogP contribution in [0.1, 0.15) is 28.4 Å². The molecule has 1 heterocycles. The fourth-order valence-electron chi connectivity index (χ4n) is 2.44. The van der Waals surface area contributed by atoms with E-state index in [1.54, 1.807) is 0 Å². The number of hydrogen-bond acceptors (Lipinski definition) is 3. The van der Waals surface area contributed by atoms with Crippen LogP contribution in [-0.2, 0) is 12.7 Å². The van der Waals surface area contributed by atoms with Crippen molar-refractivity contribution in [2.24, 2.45) is 0 Å². The van der Waals surface area contributed by atoms with Gasteiger partial charge in [0.15, 0.2) is 0 Å². The third-order valence-electron chi connectivity index (χ3n) is 3.65. The fourth-order valence-corrected chi connectivity index (χ4v) is 2.55. The molecular formula is C14H18Cl3F3N2O. The molecule has 0 aromatic heterocycles. The van der Waals surface area contributed by atoms with Crippen LogP contribution in [-0.4, -0.2) is 35.8 Å². The SMILES string of the molecule is CC1CNCCN1Cc1ccc(C(=O)Cl)cc1C(F)(F)F.Cl.Cl. The van der Waals surface area contributed by atoms with Crippen LogP contribution in [0.5, 0.6) is 0 Å². The number of hydrogen-bond donors (Lipinski definition) is 1. The summed E-state index contributed by atoms with van der Waals surface area (Å²) in [4.78, 5) is 13.0. The summed E-state index contributed by atoms with van der Waals surface area (Å²) < 4.78 is 39.5. The van der Waals surface area contributed by atoms with Crippen LogP contribution in [0, 0.1) is 0 Å². The standard InChI is InChI=1S/C14H16ClF3N2O.2ClH/c1-9-7-19-4-5-20(9)8-11-3-2-10(13(15)21)6-12(11)14(16,17)18;;/h2-3,6,9,19H,4-5,7-8H2,1H3;2*1H. The number of carbonyl (C=O) groups excluding carboxylic acids is 1. The lowest BCUT2D eigenvalue weighted by atomic mass is 10.0. The van der Waals surface area contributed by atoms with E-state index < -0.39 is 17.0 Å². The monoisotopic (exact) mass is 392 g/mol. The Morgan fingerprint density at radius 1 is 1.39 bits per heavy atom. The molecule has 0 saturated carbocycles. The molecule has 0 bridgehead atoms. The largest absolute Gasteiger partial charge is 0.416 e. The Morgan fingerprint density at radius 2 is 2.04 bits per heavy atom. The number of nitrogens with zero attached hydrogens (tertiary/aromatic N) is 1. The Balaban J connectivity index is 0.00000242. The average molecular weight is 394 g/mol. The molecule has 1 saturated heterocycles. The minimum Gasteiger partial charge on any atom is -0.314 e. The van der Waals surface area contributed by atoms with Crippen LogP contribution in [0.2, 0.25) is 0 Å². The summed E-state index contributed by atoms with van der Waals surface area (Å²) in [6.07, 6.45) is -4.51. The second-order valence-electron chi connectivity index (χ2n) is 5.17. The van der Waals surface area contributed by atoms with Gasteiger partial charge in [0.05, 0.1) is 5.56 Å². The molecule has 9 heteroatoms. The Kier molecular flexibility index (Phi) is 8.87. The lowest BCUT2D eigenvalue weighted by Gasteiger charge is -2.34. The number of alkyl halides is 3. The van der Waals surface area contributed by atoms with E-state index in [1.807, 2.05) is 11.8 Å². The van der Waals surface area contributed by atoms with E-state index in [4.69, 9.17) is 11.6 Å². The molecule has 1 aromatic carbocycles. The normalized spacial score (nSPS) is 18.7. The number of halogens is 6. The van der Waals surface area contributed by atoms with Crippen molar-refractivity contribution in [3.63, 3.8) is 0 Å². The van der Waals surface area contributed by atoms with Crippen molar-refractivity contribution >= 4 is 41.7 Å². The molecule has 1 atom stereocenters. The Hall–Kier alpha value is -0.530. The number of piperazine rings is 1. The fraction of sp³-hybridized carbons (Fsp3) is 0.500. The van der Waals surface area contributed by atoms with E-state index in [1.165, 1.54) is 12.1 Å². The second-order valence-corrected chi connectivity index (χ2v) is 5.51. The van der Waals surface area contributed by atoms with Crippen LogP contribution in [0.25, 0.3) is 0 Å². The highest BCUT2D eigenvalue weighted by Gasteiger charge is 2.34. The highest BCUT2D eigenvalue weighted by Crippen LogP contribution is 2.34. The van der Waals surface area contributed by atoms with E-state index in [-0.39, 0.29) is 48.5 Å². The van der Waals surface area contributed by atoms with E-state index in [0.29, 0.717) is 6.54 Å². The molecule has 1 aliphatic heterocycles. The second kappa shape index (κ2) is 9.08. The Bertz CT molecular complexity index is 540. The van der Waals surface area contributed by atoms with Gasteiger partial charge in [-0.25, -0.2) is 0 Å². The summed E-state index contributed by atoms with van der Waals surface area (Å²) in [6.45, 7) is 4.36. The van der Waals surface area contributed by atoms with Gasteiger partial charge < -0.3 is 5.32 Å². The number of benzene rings is 1. The predicted octanol–water partition coefficient (Wildman–Crippen LogP) is 3.72. The van der Waals surface area contributed by atoms with Crippen molar-refractivity contribution in [3.8, 4) is 0 Å². The van der Waals surface area contributed by atoms with Gasteiger partial charge in [0.25, 0.3) is 5.24 Å². The van der Waals surface area contributed by atoms with Crippen LogP contribution >= 0.6 is 36.4 Å². The van der Waals surface area contributed by atoms with Crippen LogP contribution in [0.3, 0.4) is 0 Å². The topological polar surface area (TPSA) is 32.3 Å². The first kappa shape index (κ1) is 22.5. The molecule has 1 aliphatic rings. The van der Waals surface area contributed by atoms with Gasteiger partial charge in [-0.2, -0.15) is 13.2 Å². The summed E-state index contributed by atoms with van der Waals surface area (Å²) in [5.41, 5.74) is -0.765. The van der Waals surface area contributed by atoms with Crippen LogP contribution < -0.4 is 5.32 Å². The quantitative estimate of drug-likeness (QED) is 0.795. The molecule has 1 unspecified atom stereocenters. The molecule has 1 aromatic rings. The van der Waals surface area contributed by atoms with Crippen molar-refractivity contribution in [3.05, 3.63) is 34.9 Å². The van der Waals surface area contributed by atoms with Gasteiger partial charge in [-0.05, 0) is 36.2 Å². The first-order valence-corrected chi connectivity index (χ1v) is 7.01. The molecule has 1 fully saturated rings.